The van der Waals surface area contributed by atoms with Crippen LogP contribution in [0.25, 0.3) is 0 Å². The van der Waals surface area contributed by atoms with Crippen LogP contribution in [0.1, 0.15) is 6.92 Å². The van der Waals surface area contributed by atoms with Gasteiger partial charge in [-0.25, -0.2) is 4.79 Å². The number of esters is 1. The second kappa shape index (κ2) is 5.80. The molecule has 102 valence electrons. The van der Waals surface area contributed by atoms with Crippen molar-refractivity contribution in [2.45, 2.75) is 13.1 Å². The molecule has 0 spiro atoms. The van der Waals surface area contributed by atoms with Crippen molar-refractivity contribution < 1.29 is 22.7 Å². The van der Waals surface area contributed by atoms with Gasteiger partial charge < -0.3 is 10.1 Å². The van der Waals surface area contributed by atoms with Crippen LogP contribution in [0, 0.1) is 11.3 Å². The number of ether oxygens (including phenoxy) is 1. The van der Waals surface area contributed by atoms with E-state index in [-0.39, 0.29) is 17.3 Å². The first-order valence-corrected chi connectivity index (χ1v) is 5.42. The van der Waals surface area contributed by atoms with Crippen molar-refractivity contribution in [3.63, 3.8) is 0 Å². The van der Waals surface area contributed by atoms with Crippen molar-refractivity contribution in [1.29, 1.82) is 5.26 Å². The predicted molar refractivity (Wildman–Crippen MR) is 60.5 cm³/mol. The van der Waals surface area contributed by atoms with E-state index in [0.717, 1.165) is 0 Å². The fourth-order valence-corrected chi connectivity index (χ4v) is 1.50. The summed E-state index contributed by atoms with van der Waals surface area (Å²) in [7, 11) is 0. The molecule has 0 saturated heterocycles. The molecular formula is C11H8ClF3N2O2. The number of carbonyl (C=O) groups excluding carboxylic acids is 1. The van der Waals surface area contributed by atoms with E-state index >= 15 is 0 Å². The maximum atomic E-state index is 12.4. The maximum absolute atomic E-state index is 12.4. The molecule has 0 radical (unpaired) electrons. The van der Waals surface area contributed by atoms with Crippen LogP contribution < -0.4 is 5.32 Å². The zero-order chi connectivity index (χ0) is 14.6. The molecule has 0 aliphatic carbocycles. The summed E-state index contributed by atoms with van der Waals surface area (Å²) in [5.74, 6) is -0.956. The minimum absolute atomic E-state index is 0.0300. The lowest BCUT2D eigenvalue weighted by Gasteiger charge is -2.17. The van der Waals surface area contributed by atoms with Crippen LogP contribution in [-0.2, 0) is 9.53 Å². The standard InChI is InChI=1S/C11H8ClF3N2O2/c1-2-19-10(18)7(4-16)9-8(12)3-6(5-17-9)11(13,14)15/h3,5,17H,2H2,1H3/b9-7-. The number of carbonyl (C=O) groups is 1. The van der Waals surface area contributed by atoms with Gasteiger partial charge in [-0.15, -0.1) is 0 Å². The average molecular weight is 293 g/mol. The summed E-state index contributed by atoms with van der Waals surface area (Å²) in [6.45, 7) is 1.56. The first-order valence-electron chi connectivity index (χ1n) is 5.04. The fraction of sp³-hybridized carbons (Fsp3) is 0.273. The van der Waals surface area contributed by atoms with Gasteiger partial charge in [0.25, 0.3) is 0 Å². The molecule has 0 saturated carbocycles. The summed E-state index contributed by atoms with van der Waals surface area (Å²) >= 11 is 5.64. The lowest BCUT2D eigenvalue weighted by Crippen LogP contribution is -2.22. The van der Waals surface area contributed by atoms with Crippen LogP contribution in [0.3, 0.4) is 0 Å². The van der Waals surface area contributed by atoms with Crippen molar-refractivity contribution >= 4 is 17.6 Å². The molecule has 1 N–H and O–H groups in total. The van der Waals surface area contributed by atoms with Crippen molar-refractivity contribution in [2.24, 2.45) is 0 Å². The number of halogens is 4. The summed E-state index contributed by atoms with van der Waals surface area (Å²) in [4.78, 5) is 11.4. The molecular weight excluding hydrogens is 285 g/mol. The van der Waals surface area contributed by atoms with E-state index in [9.17, 15) is 18.0 Å². The largest absolute Gasteiger partial charge is 0.462 e. The lowest BCUT2D eigenvalue weighted by molar-refractivity contribution is -0.138. The zero-order valence-corrected chi connectivity index (χ0v) is 10.4. The Morgan fingerprint density at radius 1 is 1.58 bits per heavy atom. The lowest BCUT2D eigenvalue weighted by atomic mass is 10.1. The maximum Gasteiger partial charge on any atom is 0.417 e. The summed E-state index contributed by atoms with van der Waals surface area (Å²) in [5, 5.41) is 10.6. The van der Waals surface area contributed by atoms with Gasteiger partial charge in [-0.1, -0.05) is 11.6 Å². The number of nitriles is 1. The minimum Gasteiger partial charge on any atom is -0.462 e. The Balaban J connectivity index is 3.14. The number of allylic oxidation sites excluding steroid dienone is 3. The number of rotatable bonds is 2. The van der Waals surface area contributed by atoms with Crippen LogP contribution in [0.4, 0.5) is 13.2 Å². The Kier molecular flexibility index (Phi) is 4.62. The Labute approximate surface area is 111 Å². The molecule has 0 amide bonds. The van der Waals surface area contributed by atoms with Crippen LogP contribution in [-0.4, -0.2) is 18.8 Å². The molecule has 0 aromatic heterocycles. The fourth-order valence-electron chi connectivity index (χ4n) is 1.23. The van der Waals surface area contributed by atoms with Crippen LogP contribution >= 0.6 is 11.6 Å². The number of dihydropyridines is 1. The molecule has 1 aliphatic heterocycles. The monoisotopic (exact) mass is 292 g/mol. The van der Waals surface area contributed by atoms with Gasteiger partial charge in [-0.3, -0.25) is 0 Å². The van der Waals surface area contributed by atoms with Gasteiger partial charge in [0.05, 0.1) is 22.9 Å². The van der Waals surface area contributed by atoms with E-state index in [1.54, 1.807) is 6.07 Å². The third-order valence-corrected chi connectivity index (χ3v) is 2.36. The number of hydrogen-bond acceptors (Lipinski definition) is 4. The van der Waals surface area contributed by atoms with Gasteiger partial charge in [-0.2, -0.15) is 18.4 Å². The van der Waals surface area contributed by atoms with Crippen molar-refractivity contribution in [3.8, 4) is 6.07 Å². The van der Waals surface area contributed by atoms with Crippen molar-refractivity contribution in [2.75, 3.05) is 6.61 Å². The highest BCUT2D eigenvalue weighted by Gasteiger charge is 2.35. The van der Waals surface area contributed by atoms with Crippen molar-refractivity contribution in [1.82, 2.24) is 5.32 Å². The van der Waals surface area contributed by atoms with E-state index in [2.05, 4.69) is 10.1 Å². The van der Waals surface area contributed by atoms with Gasteiger partial charge in [-0.05, 0) is 13.0 Å². The highest BCUT2D eigenvalue weighted by molar-refractivity contribution is 6.32. The van der Waals surface area contributed by atoms with E-state index in [0.29, 0.717) is 12.3 Å². The molecule has 0 bridgehead atoms. The molecule has 1 aliphatic rings. The van der Waals surface area contributed by atoms with E-state index < -0.39 is 23.3 Å². The topological polar surface area (TPSA) is 62.1 Å². The van der Waals surface area contributed by atoms with Gasteiger partial charge in [0.1, 0.15) is 6.07 Å². The molecule has 0 fully saturated rings. The van der Waals surface area contributed by atoms with Gasteiger partial charge in [0, 0.05) is 6.20 Å². The third kappa shape index (κ3) is 3.51. The number of hydrogen-bond donors (Lipinski definition) is 1. The summed E-state index contributed by atoms with van der Waals surface area (Å²) in [5.41, 5.74) is -1.71. The van der Waals surface area contributed by atoms with Crippen LogP contribution in [0.15, 0.2) is 34.2 Å². The van der Waals surface area contributed by atoms with Crippen LogP contribution in [0.2, 0.25) is 0 Å². The molecule has 4 nitrogen and oxygen atoms in total. The quantitative estimate of drug-likeness (QED) is 0.482. The number of nitrogens with zero attached hydrogens (tertiary/aromatic N) is 1. The van der Waals surface area contributed by atoms with E-state index in [1.807, 2.05) is 0 Å². The molecule has 0 atom stereocenters. The average Bonchev–Trinajstić information content (AvgIpc) is 2.31. The Morgan fingerprint density at radius 3 is 2.63 bits per heavy atom. The Morgan fingerprint density at radius 2 is 2.21 bits per heavy atom. The molecule has 0 aromatic rings. The van der Waals surface area contributed by atoms with Gasteiger partial charge >= 0.3 is 12.1 Å². The predicted octanol–water partition coefficient (Wildman–Crippen LogP) is 2.50. The molecule has 1 rings (SSSR count). The van der Waals surface area contributed by atoms with Crippen LogP contribution in [0.5, 0.6) is 0 Å². The molecule has 8 heteroatoms. The Hall–Kier alpha value is -1.94. The van der Waals surface area contributed by atoms with E-state index in [1.165, 1.54) is 6.92 Å². The number of nitrogens with one attached hydrogen (secondary N) is 1. The summed E-state index contributed by atoms with van der Waals surface area (Å²) in [6.07, 6.45) is -3.32. The SMILES string of the molecule is CCOC(=O)/C(C#N)=C1\NC=C(C(F)(F)F)C=C1Cl. The summed E-state index contributed by atoms with van der Waals surface area (Å²) in [6, 6.07) is 1.55. The smallest absolute Gasteiger partial charge is 0.417 e. The highest BCUT2D eigenvalue weighted by atomic mass is 35.5. The van der Waals surface area contributed by atoms with E-state index in [4.69, 9.17) is 16.9 Å². The molecule has 19 heavy (non-hydrogen) atoms. The second-order valence-electron chi connectivity index (χ2n) is 3.32. The summed E-state index contributed by atoms with van der Waals surface area (Å²) < 4.78 is 41.9. The first kappa shape index (κ1) is 15.1. The Bertz CT molecular complexity index is 527. The molecule has 0 aromatic carbocycles. The van der Waals surface area contributed by atoms with Crippen molar-refractivity contribution in [3.05, 3.63) is 34.2 Å². The normalized spacial score (nSPS) is 17.7. The second-order valence-corrected chi connectivity index (χ2v) is 3.72. The van der Waals surface area contributed by atoms with Gasteiger partial charge in [0.2, 0.25) is 0 Å². The molecule has 1 heterocycles. The highest BCUT2D eigenvalue weighted by Crippen LogP contribution is 2.32. The number of alkyl halides is 3. The zero-order valence-electron chi connectivity index (χ0n) is 9.64. The molecule has 0 unspecified atom stereocenters. The first-order chi connectivity index (χ1) is 8.81. The minimum atomic E-state index is -4.57. The third-order valence-electron chi connectivity index (χ3n) is 2.06. The van der Waals surface area contributed by atoms with Gasteiger partial charge in [0.15, 0.2) is 5.57 Å².